The van der Waals surface area contributed by atoms with Crippen molar-refractivity contribution in [2.45, 2.75) is 39.2 Å². The predicted molar refractivity (Wildman–Crippen MR) is 67.2 cm³/mol. The van der Waals surface area contributed by atoms with E-state index < -0.39 is 0 Å². The fourth-order valence-electron chi connectivity index (χ4n) is 1.72. The van der Waals surface area contributed by atoms with Gasteiger partial charge in [-0.05, 0) is 26.2 Å². The summed E-state index contributed by atoms with van der Waals surface area (Å²) in [6.07, 6.45) is 8.03. The smallest absolute Gasteiger partial charge is 0.0564 e. The van der Waals surface area contributed by atoms with Crippen LogP contribution in [0.1, 0.15) is 37.4 Å². The fourth-order valence-corrected chi connectivity index (χ4v) is 1.72. The summed E-state index contributed by atoms with van der Waals surface area (Å²) in [5.41, 5.74) is 3.94. The van der Waals surface area contributed by atoms with Gasteiger partial charge in [0.2, 0.25) is 0 Å². The molecule has 3 nitrogen and oxygen atoms in total. The van der Waals surface area contributed by atoms with Crippen LogP contribution in [-0.4, -0.2) is 22.4 Å². The molecule has 0 aliphatic heterocycles. The van der Waals surface area contributed by atoms with Gasteiger partial charge in [-0.2, -0.15) is 5.10 Å². The normalized spacial score (nSPS) is 16.8. The van der Waals surface area contributed by atoms with Crippen LogP contribution in [0, 0.1) is 6.92 Å². The average molecular weight is 219 g/mol. The molecular weight excluding hydrogens is 198 g/mol. The molecule has 0 bridgehead atoms. The van der Waals surface area contributed by atoms with Crippen LogP contribution in [0.15, 0.2) is 11.8 Å². The van der Waals surface area contributed by atoms with E-state index in [-0.39, 0.29) is 0 Å². The highest BCUT2D eigenvalue weighted by Gasteiger charge is 2.20. The Balaban J connectivity index is 2.03. The second-order valence-corrected chi connectivity index (χ2v) is 4.62. The molecule has 0 unspecified atom stereocenters. The zero-order valence-corrected chi connectivity index (χ0v) is 10.5. The van der Waals surface area contributed by atoms with E-state index in [1.165, 1.54) is 29.7 Å². The van der Waals surface area contributed by atoms with Crippen LogP contribution >= 0.6 is 0 Å². The summed E-state index contributed by atoms with van der Waals surface area (Å²) in [7, 11) is 1.99. The molecule has 1 aromatic rings. The van der Waals surface area contributed by atoms with E-state index in [4.69, 9.17) is 0 Å². The molecule has 3 heteroatoms. The second-order valence-electron chi connectivity index (χ2n) is 4.62. The average Bonchev–Trinajstić information content (AvgIpc) is 3.06. The van der Waals surface area contributed by atoms with Gasteiger partial charge in [0.15, 0.2) is 0 Å². The number of nitrogens with zero attached hydrogens (tertiary/aromatic N) is 2. The van der Waals surface area contributed by atoms with Gasteiger partial charge in [0, 0.05) is 30.9 Å². The maximum atomic E-state index is 4.26. The molecule has 0 radical (unpaired) electrons. The molecule has 1 aliphatic carbocycles. The van der Waals surface area contributed by atoms with E-state index in [1.54, 1.807) is 0 Å². The van der Waals surface area contributed by atoms with Gasteiger partial charge in [0.25, 0.3) is 0 Å². The van der Waals surface area contributed by atoms with Gasteiger partial charge in [-0.15, -0.1) is 0 Å². The van der Waals surface area contributed by atoms with Crippen molar-refractivity contribution in [2.75, 3.05) is 6.54 Å². The number of hydrogen-bond acceptors (Lipinski definition) is 2. The molecule has 0 amide bonds. The van der Waals surface area contributed by atoms with Crippen LogP contribution in [0.2, 0.25) is 0 Å². The molecule has 2 rings (SSSR count). The first kappa shape index (κ1) is 11.4. The van der Waals surface area contributed by atoms with Crippen LogP contribution in [0.25, 0.3) is 6.08 Å². The third kappa shape index (κ3) is 2.73. The number of aromatic nitrogens is 2. The van der Waals surface area contributed by atoms with Gasteiger partial charge in [0.05, 0.1) is 6.20 Å². The Hall–Kier alpha value is -1.09. The topological polar surface area (TPSA) is 29.9 Å². The third-order valence-electron chi connectivity index (χ3n) is 3.28. The Bertz CT molecular complexity index is 386. The van der Waals surface area contributed by atoms with E-state index in [0.29, 0.717) is 0 Å². The lowest BCUT2D eigenvalue weighted by Gasteiger charge is -2.06. The number of hydrogen-bond donors (Lipinski definition) is 1. The van der Waals surface area contributed by atoms with Gasteiger partial charge >= 0.3 is 0 Å². The van der Waals surface area contributed by atoms with Gasteiger partial charge < -0.3 is 5.32 Å². The van der Waals surface area contributed by atoms with E-state index in [9.17, 15) is 0 Å². The zero-order chi connectivity index (χ0) is 11.5. The van der Waals surface area contributed by atoms with Crippen molar-refractivity contribution in [3.05, 3.63) is 23.0 Å². The Labute approximate surface area is 97.5 Å². The predicted octanol–water partition coefficient (Wildman–Crippen LogP) is 2.27. The number of rotatable bonds is 5. The molecule has 1 fully saturated rings. The summed E-state index contributed by atoms with van der Waals surface area (Å²) >= 11 is 0. The highest BCUT2D eigenvalue weighted by atomic mass is 15.3. The highest BCUT2D eigenvalue weighted by molar-refractivity contribution is 5.54. The minimum atomic E-state index is 0.782. The summed E-state index contributed by atoms with van der Waals surface area (Å²) in [6, 6.07) is 0.782. The van der Waals surface area contributed by atoms with Crippen LogP contribution in [0.5, 0.6) is 0 Å². The monoisotopic (exact) mass is 219 g/mol. The van der Waals surface area contributed by atoms with Crippen molar-refractivity contribution in [3.8, 4) is 0 Å². The van der Waals surface area contributed by atoms with E-state index in [2.05, 4.69) is 30.3 Å². The fraction of sp³-hybridized carbons (Fsp3) is 0.615. The molecule has 1 aliphatic rings. The molecular formula is C13H21N3. The zero-order valence-electron chi connectivity index (χ0n) is 10.5. The summed E-state index contributed by atoms with van der Waals surface area (Å²) in [5, 5.41) is 7.82. The van der Waals surface area contributed by atoms with Gasteiger partial charge in [0.1, 0.15) is 0 Å². The molecule has 88 valence electrons. The molecule has 0 atom stereocenters. The second kappa shape index (κ2) is 4.83. The summed E-state index contributed by atoms with van der Waals surface area (Å²) in [5.74, 6) is 0. The SMILES string of the molecule is CCC(=Cc1cnn(C)c1C)CNC1CC1. The first-order chi connectivity index (χ1) is 7.70. The van der Waals surface area contributed by atoms with Crippen LogP contribution in [0.3, 0.4) is 0 Å². The minimum absolute atomic E-state index is 0.782. The quantitative estimate of drug-likeness (QED) is 0.823. The summed E-state index contributed by atoms with van der Waals surface area (Å²) < 4.78 is 1.92. The first-order valence-corrected chi connectivity index (χ1v) is 6.12. The van der Waals surface area contributed by atoms with Crippen molar-refractivity contribution < 1.29 is 0 Å². The summed E-state index contributed by atoms with van der Waals surface area (Å²) in [4.78, 5) is 0. The highest BCUT2D eigenvalue weighted by Crippen LogP contribution is 2.20. The van der Waals surface area contributed by atoms with Gasteiger partial charge in [-0.25, -0.2) is 0 Å². The molecule has 1 saturated carbocycles. The van der Waals surface area contributed by atoms with E-state index in [0.717, 1.165) is 19.0 Å². The molecule has 1 heterocycles. The number of nitrogens with one attached hydrogen (secondary N) is 1. The van der Waals surface area contributed by atoms with Crippen LogP contribution in [-0.2, 0) is 7.05 Å². The maximum absolute atomic E-state index is 4.26. The molecule has 0 saturated heterocycles. The lowest BCUT2D eigenvalue weighted by atomic mass is 10.1. The lowest BCUT2D eigenvalue weighted by Crippen LogP contribution is -2.18. The first-order valence-electron chi connectivity index (χ1n) is 6.12. The molecule has 1 aromatic heterocycles. The van der Waals surface area contributed by atoms with Crippen LogP contribution in [0.4, 0.5) is 0 Å². The van der Waals surface area contributed by atoms with E-state index in [1.807, 2.05) is 17.9 Å². The molecule has 0 aromatic carbocycles. The minimum Gasteiger partial charge on any atom is -0.310 e. The van der Waals surface area contributed by atoms with Gasteiger partial charge in [-0.3, -0.25) is 4.68 Å². The van der Waals surface area contributed by atoms with Crippen molar-refractivity contribution in [1.82, 2.24) is 15.1 Å². The molecule has 0 spiro atoms. The standard InChI is InChI=1S/C13H21N3/c1-4-11(8-14-13-5-6-13)7-12-9-15-16(3)10(12)2/h7,9,13-14H,4-6,8H2,1-3H3. The van der Waals surface area contributed by atoms with E-state index >= 15 is 0 Å². The van der Waals surface area contributed by atoms with Crippen molar-refractivity contribution in [1.29, 1.82) is 0 Å². The van der Waals surface area contributed by atoms with Crippen molar-refractivity contribution in [3.63, 3.8) is 0 Å². The lowest BCUT2D eigenvalue weighted by molar-refractivity contribution is 0.722. The third-order valence-corrected chi connectivity index (χ3v) is 3.28. The molecule has 1 N–H and O–H groups in total. The Morgan fingerprint density at radius 3 is 2.88 bits per heavy atom. The van der Waals surface area contributed by atoms with Crippen LogP contribution < -0.4 is 5.32 Å². The molecule has 16 heavy (non-hydrogen) atoms. The Morgan fingerprint density at radius 1 is 1.62 bits per heavy atom. The Morgan fingerprint density at radius 2 is 2.38 bits per heavy atom. The van der Waals surface area contributed by atoms with Gasteiger partial charge in [-0.1, -0.05) is 18.6 Å². The number of aryl methyl sites for hydroxylation is 1. The van der Waals surface area contributed by atoms with Crippen molar-refractivity contribution in [2.24, 2.45) is 7.05 Å². The summed E-state index contributed by atoms with van der Waals surface area (Å²) in [6.45, 7) is 5.35. The van der Waals surface area contributed by atoms with Crippen molar-refractivity contribution >= 4 is 6.08 Å². The Kier molecular flexibility index (Phi) is 3.44. The largest absolute Gasteiger partial charge is 0.310 e. The maximum Gasteiger partial charge on any atom is 0.0564 e.